The zero-order valence-electron chi connectivity index (χ0n) is 20.4. The summed E-state index contributed by atoms with van der Waals surface area (Å²) in [7, 11) is 0. The Labute approximate surface area is 206 Å². The second-order valence-electron chi connectivity index (χ2n) is 9.47. The molecule has 0 radical (unpaired) electrons. The highest BCUT2D eigenvalue weighted by atomic mass is 19.4. The van der Waals surface area contributed by atoms with E-state index in [0.717, 1.165) is 12.3 Å². The van der Waals surface area contributed by atoms with Crippen molar-refractivity contribution >= 4 is 23.8 Å². The fourth-order valence-corrected chi connectivity index (χ4v) is 3.82. The molecule has 4 rings (SSSR count). The highest BCUT2D eigenvalue weighted by molar-refractivity contribution is 5.69. The Bertz CT molecular complexity index is 1090. The van der Waals surface area contributed by atoms with Crippen molar-refractivity contribution in [2.24, 2.45) is 0 Å². The lowest BCUT2D eigenvalue weighted by Gasteiger charge is -2.36. The maximum Gasteiger partial charge on any atom is 0.417 e. The topological polar surface area (TPSA) is 123 Å². The fraction of sp³-hybridized carbons (Fsp3) is 0.591. The van der Waals surface area contributed by atoms with Crippen molar-refractivity contribution < 1.29 is 27.4 Å². The van der Waals surface area contributed by atoms with E-state index in [9.17, 15) is 18.0 Å². The minimum atomic E-state index is -4.68. The van der Waals surface area contributed by atoms with E-state index < -0.39 is 23.4 Å². The van der Waals surface area contributed by atoms with Crippen LogP contribution in [0.5, 0.6) is 0 Å². The molecule has 2 fully saturated rings. The van der Waals surface area contributed by atoms with Crippen LogP contribution in [0.2, 0.25) is 0 Å². The van der Waals surface area contributed by atoms with Gasteiger partial charge in [0.25, 0.3) is 0 Å². The van der Waals surface area contributed by atoms with Crippen molar-refractivity contribution in [3.63, 3.8) is 0 Å². The van der Waals surface area contributed by atoms with Crippen LogP contribution in [0.25, 0.3) is 11.4 Å². The van der Waals surface area contributed by atoms with Gasteiger partial charge in [0.05, 0.1) is 24.3 Å². The Morgan fingerprint density at radius 1 is 0.972 bits per heavy atom. The SMILES string of the molecule is CC(C)(C)OC(=O)N1CCN(c2nc(-c3cnc(N)cc3C(F)(F)F)nc(N3CCOCC3)n2)CC1. The van der Waals surface area contributed by atoms with Gasteiger partial charge in [0.15, 0.2) is 5.82 Å². The highest BCUT2D eigenvalue weighted by Gasteiger charge is 2.36. The molecule has 14 heteroatoms. The minimum Gasteiger partial charge on any atom is -0.444 e. The van der Waals surface area contributed by atoms with Crippen molar-refractivity contribution in [3.8, 4) is 11.4 Å². The van der Waals surface area contributed by atoms with E-state index in [1.54, 1.807) is 25.7 Å². The number of nitrogens with zero attached hydrogens (tertiary/aromatic N) is 7. The number of nitrogen functional groups attached to an aromatic ring is 1. The molecule has 2 aliphatic rings. The lowest BCUT2D eigenvalue weighted by molar-refractivity contribution is -0.137. The second kappa shape index (κ2) is 9.91. The van der Waals surface area contributed by atoms with Gasteiger partial charge in [0, 0.05) is 45.5 Å². The first-order valence-electron chi connectivity index (χ1n) is 11.6. The number of nitrogens with two attached hydrogens (primary N) is 1. The third-order valence-corrected chi connectivity index (χ3v) is 5.59. The van der Waals surface area contributed by atoms with Gasteiger partial charge >= 0.3 is 12.3 Å². The molecule has 0 saturated carbocycles. The summed E-state index contributed by atoms with van der Waals surface area (Å²) in [6, 6.07) is 0.771. The number of carbonyl (C=O) groups is 1. The molecule has 2 N–H and O–H groups in total. The zero-order chi connectivity index (χ0) is 26.1. The quantitative estimate of drug-likeness (QED) is 0.659. The molecular formula is C22H29F3N8O3. The molecule has 0 aliphatic carbocycles. The number of ether oxygens (including phenoxy) is 2. The van der Waals surface area contributed by atoms with Crippen LogP contribution in [0.3, 0.4) is 0 Å². The number of aromatic nitrogens is 4. The molecule has 0 bridgehead atoms. The predicted molar refractivity (Wildman–Crippen MR) is 126 cm³/mol. The van der Waals surface area contributed by atoms with E-state index in [-0.39, 0.29) is 29.1 Å². The Hall–Kier alpha value is -3.42. The Kier molecular flexibility index (Phi) is 7.07. The van der Waals surface area contributed by atoms with Crippen molar-refractivity contribution in [2.45, 2.75) is 32.5 Å². The van der Waals surface area contributed by atoms with Crippen LogP contribution in [-0.2, 0) is 15.7 Å². The Morgan fingerprint density at radius 2 is 1.56 bits per heavy atom. The van der Waals surface area contributed by atoms with E-state index in [1.165, 1.54) is 0 Å². The first-order valence-corrected chi connectivity index (χ1v) is 11.6. The third kappa shape index (κ3) is 6.04. The smallest absolute Gasteiger partial charge is 0.417 e. The summed E-state index contributed by atoms with van der Waals surface area (Å²) < 4.78 is 52.3. The van der Waals surface area contributed by atoms with Crippen LogP contribution in [0, 0.1) is 0 Å². The largest absolute Gasteiger partial charge is 0.444 e. The standard InChI is InChI=1S/C22H29F3N8O3/c1-21(2,3)36-20(34)33-6-4-31(5-7-33)18-28-17(29-19(30-18)32-8-10-35-11-9-32)14-13-27-16(26)12-15(14)22(23,24)25/h12-13H,4-11H2,1-3H3,(H2,26,27). The number of amides is 1. The molecule has 4 heterocycles. The van der Waals surface area contributed by atoms with Crippen LogP contribution in [-0.4, -0.2) is 89.0 Å². The summed E-state index contributed by atoms with van der Waals surface area (Å²) in [5, 5.41) is 0. The van der Waals surface area contributed by atoms with E-state index in [1.807, 2.05) is 9.80 Å². The van der Waals surface area contributed by atoms with E-state index in [4.69, 9.17) is 15.2 Å². The van der Waals surface area contributed by atoms with Gasteiger partial charge in [-0.05, 0) is 26.8 Å². The lowest BCUT2D eigenvalue weighted by atomic mass is 10.1. The molecular weight excluding hydrogens is 481 g/mol. The van der Waals surface area contributed by atoms with Gasteiger partial charge in [-0.2, -0.15) is 28.1 Å². The fourth-order valence-electron chi connectivity index (χ4n) is 3.82. The maximum atomic E-state index is 13.8. The molecule has 11 nitrogen and oxygen atoms in total. The van der Waals surface area contributed by atoms with Gasteiger partial charge < -0.3 is 29.9 Å². The van der Waals surface area contributed by atoms with E-state index >= 15 is 0 Å². The van der Waals surface area contributed by atoms with Crippen LogP contribution >= 0.6 is 0 Å². The molecule has 0 atom stereocenters. The molecule has 0 unspecified atom stereocenters. The molecule has 2 saturated heterocycles. The molecule has 2 aromatic rings. The first kappa shape index (κ1) is 25.7. The summed E-state index contributed by atoms with van der Waals surface area (Å²) in [6.45, 7) is 8.69. The van der Waals surface area contributed by atoms with Gasteiger partial charge in [-0.15, -0.1) is 0 Å². The lowest BCUT2D eigenvalue weighted by Crippen LogP contribution is -2.50. The molecule has 2 aromatic heterocycles. The van der Waals surface area contributed by atoms with Crippen LogP contribution < -0.4 is 15.5 Å². The number of carbonyl (C=O) groups excluding carboxylic acids is 1. The number of rotatable bonds is 3. The van der Waals surface area contributed by atoms with Crippen molar-refractivity contribution in [1.82, 2.24) is 24.8 Å². The molecule has 36 heavy (non-hydrogen) atoms. The predicted octanol–water partition coefficient (Wildman–Crippen LogP) is 2.43. The number of pyridine rings is 1. The van der Waals surface area contributed by atoms with Gasteiger partial charge in [-0.25, -0.2) is 9.78 Å². The summed E-state index contributed by atoms with van der Waals surface area (Å²) in [4.78, 5) is 34.8. The Balaban J connectivity index is 1.66. The molecule has 2 aliphatic heterocycles. The average molecular weight is 511 g/mol. The van der Waals surface area contributed by atoms with Gasteiger partial charge in [-0.3, -0.25) is 0 Å². The first-order chi connectivity index (χ1) is 16.9. The van der Waals surface area contributed by atoms with Gasteiger partial charge in [0.1, 0.15) is 11.4 Å². The van der Waals surface area contributed by atoms with E-state index in [0.29, 0.717) is 52.5 Å². The summed E-state index contributed by atoms with van der Waals surface area (Å²) in [5.74, 6) is 0.0519. The number of morpholine rings is 1. The molecule has 0 spiro atoms. The monoisotopic (exact) mass is 510 g/mol. The normalized spacial score (nSPS) is 17.3. The second-order valence-corrected chi connectivity index (χ2v) is 9.47. The Morgan fingerprint density at radius 3 is 2.11 bits per heavy atom. The van der Waals surface area contributed by atoms with Crippen molar-refractivity contribution in [3.05, 3.63) is 17.8 Å². The van der Waals surface area contributed by atoms with Crippen LogP contribution in [0.15, 0.2) is 12.3 Å². The zero-order valence-corrected chi connectivity index (χ0v) is 20.4. The molecule has 196 valence electrons. The number of hydrogen-bond donors (Lipinski definition) is 1. The van der Waals surface area contributed by atoms with Crippen LogP contribution in [0.1, 0.15) is 26.3 Å². The average Bonchev–Trinajstić information content (AvgIpc) is 2.83. The summed E-state index contributed by atoms with van der Waals surface area (Å²) in [6.07, 6.45) is -4.08. The number of anilines is 3. The number of halogens is 3. The van der Waals surface area contributed by atoms with Crippen molar-refractivity contribution in [2.75, 3.05) is 68.0 Å². The van der Waals surface area contributed by atoms with Gasteiger partial charge in [0.2, 0.25) is 11.9 Å². The number of piperazine rings is 1. The highest BCUT2D eigenvalue weighted by Crippen LogP contribution is 2.37. The summed E-state index contributed by atoms with van der Waals surface area (Å²) in [5.41, 5.74) is 3.65. The van der Waals surface area contributed by atoms with E-state index in [2.05, 4.69) is 19.9 Å². The summed E-state index contributed by atoms with van der Waals surface area (Å²) >= 11 is 0. The minimum absolute atomic E-state index is 0.157. The maximum absolute atomic E-state index is 13.8. The molecule has 1 amide bonds. The van der Waals surface area contributed by atoms with Gasteiger partial charge in [-0.1, -0.05) is 0 Å². The number of alkyl halides is 3. The molecule has 0 aromatic carbocycles. The van der Waals surface area contributed by atoms with Crippen molar-refractivity contribution in [1.29, 1.82) is 0 Å². The van der Waals surface area contributed by atoms with Crippen LogP contribution in [0.4, 0.5) is 35.7 Å². The third-order valence-electron chi connectivity index (χ3n) is 5.59. The number of hydrogen-bond acceptors (Lipinski definition) is 10.